The molecule has 0 N–H and O–H groups in total. The van der Waals surface area contributed by atoms with E-state index in [2.05, 4.69) is 34.0 Å². The number of ether oxygens (including phenoxy) is 1. The summed E-state index contributed by atoms with van der Waals surface area (Å²) in [6.45, 7) is 5.39. The predicted octanol–water partition coefficient (Wildman–Crippen LogP) is 3.66. The van der Waals surface area contributed by atoms with E-state index in [1.807, 2.05) is 54.9 Å². The van der Waals surface area contributed by atoms with Crippen molar-refractivity contribution in [3.8, 4) is 5.75 Å². The molecule has 0 bridgehead atoms. The molecule has 0 unspecified atom stereocenters. The molecule has 126 valence electrons. The lowest BCUT2D eigenvalue weighted by molar-refractivity contribution is 0.301. The Hall–Kier alpha value is -3.21. The van der Waals surface area contributed by atoms with Crippen LogP contribution >= 0.6 is 0 Å². The number of hydrogen-bond acceptors (Lipinski definition) is 4. The lowest BCUT2D eigenvalue weighted by Crippen LogP contribution is -1.96. The lowest BCUT2D eigenvalue weighted by Gasteiger charge is -2.04. The van der Waals surface area contributed by atoms with Gasteiger partial charge in [-0.25, -0.2) is 4.68 Å². The number of aliphatic imine (C=N–C) groups is 1. The molecule has 0 spiro atoms. The van der Waals surface area contributed by atoms with Crippen molar-refractivity contribution in [3.05, 3.63) is 90.3 Å². The molecule has 0 aliphatic heterocycles. The number of hydrogen-bond donors (Lipinski definition) is 0. The van der Waals surface area contributed by atoms with Crippen molar-refractivity contribution < 1.29 is 4.74 Å². The van der Waals surface area contributed by atoms with Gasteiger partial charge >= 0.3 is 0 Å². The van der Waals surface area contributed by atoms with Gasteiger partial charge in [0.15, 0.2) is 0 Å². The predicted molar refractivity (Wildman–Crippen MR) is 98.7 cm³/mol. The van der Waals surface area contributed by atoms with Gasteiger partial charge in [0.1, 0.15) is 18.1 Å². The molecule has 0 fully saturated rings. The molecule has 5 heteroatoms. The van der Waals surface area contributed by atoms with Crippen LogP contribution in [0.5, 0.6) is 5.75 Å². The van der Waals surface area contributed by atoms with Crippen LogP contribution in [0.3, 0.4) is 0 Å². The second kappa shape index (κ2) is 8.59. The first-order valence-electron chi connectivity index (χ1n) is 8.10. The van der Waals surface area contributed by atoms with Crippen molar-refractivity contribution in [3.63, 3.8) is 0 Å². The number of nitrogens with zero attached hydrogens (tertiary/aromatic N) is 4. The number of rotatable bonds is 8. The van der Waals surface area contributed by atoms with Crippen LogP contribution in [-0.2, 0) is 19.7 Å². The van der Waals surface area contributed by atoms with E-state index in [1.165, 1.54) is 5.56 Å². The van der Waals surface area contributed by atoms with E-state index in [0.717, 1.165) is 17.0 Å². The van der Waals surface area contributed by atoms with Gasteiger partial charge in [-0.2, -0.15) is 0 Å². The minimum atomic E-state index is 0.387. The standard InChI is InChI=1S/C20H20N4O/c1-2-12-24-15-19(22-23-24)16-25-20-10-8-18(9-11-20)14-21-13-17-6-4-3-5-7-17/h2-11,14-15H,1,12-13,16H2. The fourth-order valence-electron chi connectivity index (χ4n) is 2.27. The van der Waals surface area contributed by atoms with Crippen molar-refractivity contribution in [2.75, 3.05) is 0 Å². The highest BCUT2D eigenvalue weighted by Gasteiger charge is 2.01. The molecule has 2 aromatic carbocycles. The molecule has 1 aromatic heterocycles. The van der Waals surface area contributed by atoms with Crippen LogP contribution in [0.2, 0.25) is 0 Å². The van der Waals surface area contributed by atoms with Crippen LogP contribution in [0.25, 0.3) is 0 Å². The Morgan fingerprint density at radius 2 is 1.88 bits per heavy atom. The minimum Gasteiger partial charge on any atom is -0.487 e. The third-order valence-electron chi connectivity index (χ3n) is 3.53. The summed E-state index contributed by atoms with van der Waals surface area (Å²) in [5.74, 6) is 0.790. The first-order valence-corrected chi connectivity index (χ1v) is 8.10. The third-order valence-corrected chi connectivity index (χ3v) is 3.53. The molecule has 0 aliphatic carbocycles. The molecule has 0 saturated heterocycles. The maximum atomic E-state index is 5.73. The molecular weight excluding hydrogens is 312 g/mol. The number of benzene rings is 2. The Balaban J connectivity index is 1.50. The third kappa shape index (κ3) is 5.14. The Labute approximate surface area is 147 Å². The quantitative estimate of drug-likeness (QED) is 0.467. The van der Waals surface area contributed by atoms with Crippen molar-refractivity contribution in [1.82, 2.24) is 15.0 Å². The topological polar surface area (TPSA) is 52.3 Å². The molecule has 1 heterocycles. The molecule has 0 saturated carbocycles. The zero-order chi connectivity index (χ0) is 17.3. The summed E-state index contributed by atoms with van der Waals surface area (Å²) < 4.78 is 7.45. The van der Waals surface area contributed by atoms with Gasteiger partial charge in [0, 0.05) is 6.21 Å². The summed E-state index contributed by atoms with van der Waals surface area (Å²) >= 11 is 0. The van der Waals surface area contributed by atoms with Crippen molar-refractivity contribution in [1.29, 1.82) is 0 Å². The zero-order valence-corrected chi connectivity index (χ0v) is 14.0. The van der Waals surface area contributed by atoms with Crippen LogP contribution in [0, 0.1) is 0 Å². The highest BCUT2D eigenvalue weighted by atomic mass is 16.5. The normalized spacial score (nSPS) is 10.9. The Kier molecular flexibility index (Phi) is 5.72. The van der Waals surface area contributed by atoms with E-state index in [9.17, 15) is 0 Å². The highest BCUT2D eigenvalue weighted by molar-refractivity contribution is 5.79. The van der Waals surface area contributed by atoms with E-state index < -0.39 is 0 Å². The van der Waals surface area contributed by atoms with Crippen molar-refractivity contribution in [2.45, 2.75) is 19.7 Å². The molecule has 0 aliphatic rings. The maximum Gasteiger partial charge on any atom is 0.134 e. The summed E-state index contributed by atoms with van der Waals surface area (Å²) in [7, 11) is 0. The average molecular weight is 332 g/mol. The Morgan fingerprint density at radius 3 is 2.64 bits per heavy atom. The average Bonchev–Trinajstić information content (AvgIpc) is 3.10. The first kappa shape index (κ1) is 16.6. The minimum absolute atomic E-state index is 0.387. The number of aromatic nitrogens is 3. The van der Waals surface area contributed by atoms with Gasteiger partial charge in [-0.15, -0.1) is 11.7 Å². The Bertz CT molecular complexity index is 822. The summed E-state index contributed by atoms with van der Waals surface area (Å²) in [6, 6.07) is 18.0. The monoisotopic (exact) mass is 332 g/mol. The highest BCUT2D eigenvalue weighted by Crippen LogP contribution is 2.13. The molecule has 0 atom stereocenters. The van der Waals surface area contributed by atoms with E-state index >= 15 is 0 Å². The zero-order valence-electron chi connectivity index (χ0n) is 14.0. The summed E-state index contributed by atoms with van der Waals surface area (Å²) in [5, 5.41) is 8.04. The molecule has 5 nitrogen and oxygen atoms in total. The van der Waals surface area contributed by atoms with Crippen LogP contribution in [0.15, 0.2) is 78.4 Å². The molecular formula is C20H20N4O. The van der Waals surface area contributed by atoms with E-state index in [4.69, 9.17) is 4.74 Å². The van der Waals surface area contributed by atoms with Gasteiger partial charge in [-0.3, -0.25) is 4.99 Å². The molecule has 25 heavy (non-hydrogen) atoms. The number of allylic oxidation sites excluding steroid dienone is 1. The fourth-order valence-corrected chi connectivity index (χ4v) is 2.27. The summed E-state index contributed by atoms with van der Waals surface area (Å²) in [6.07, 6.45) is 5.50. The van der Waals surface area contributed by atoms with Gasteiger partial charge in [0.25, 0.3) is 0 Å². The van der Waals surface area contributed by atoms with Gasteiger partial charge in [-0.1, -0.05) is 41.6 Å². The molecule has 0 radical (unpaired) electrons. The smallest absolute Gasteiger partial charge is 0.134 e. The van der Waals surface area contributed by atoms with Gasteiger partial charge in [0.05, 0.1) is 19.3 Å². The second-order valence-electron chi connectivity index (χ2n) is 5.53. The van der Waals surface area contributed by atoms with Gasteiger partial charge < -0.3 is 4.74 Å². The van der Waals surface area contributed by atoms with Crippen molar-refractivity contribution in [2.24, 2.45) is 4.99 Å². The van der Waals surface area contributed by atoms with Crippen LogP contribution in [0.1, 0.15) is 16.8 Å². The molecule has 0 amide bonds. The van der Waals surface area contributed by atoms with Crippen LogP contribution in [-0.4, -0.2) is 21.2 Å². The van der Waals surface area contributed by atoms with Gasteiger partial charge in [-0.05, 0) is 35.4 Å². The summed E-state index contributed by atoms with van der Waals surface area (Å²) in [4.78, 5) is 4.46. The van der Waals surface area contributed by atoms with Gasteiger partial charge in [0.2, 0.25) is 0 Å². The first-order chi connectivity index (χ1) is 12.3. The summed E-state index contributed by atoms with van der Waals surface area (Å²) in [5.41, 5.74) is 3.03. The van der Waals surface area contributed by atoms with Crippen molar-refractivity contribution >= 4 is 6.21 Å². The van der Waals surface area contributed by atoms with Crippen LogP contribution < -0.4 is 4.74 Å². The SMILES string of the molecule is C=CCn1cc(COc2ccc(C=NCc3ccccc3)cc2)nn1. The van der Waals surface area contributed by atoms with Crippen LogP contribution in [0.4, 0.5) is 0 Å². The largest absolute Gasteiger partial charge is 0.487 e. The molecule has 3 rings (SSSR count). The van der Waals surface area contributed by atoms with E-state index in [1.54, 1.807) is 10.8 Å². The molecule has 3 aromatic rings. The Morgan fingerprint density at radius 1 is 1.08 bits per heavy atom. The lowest BCUT2D eigenvalue weighted by atomic mass is 10.2. The fraction of sp³-hybridized carbons (Fsp3) is 0.150. The van der Waals surface area contributed by atoms with E-state index in [0.29, 0.717) is 19.7 Å². The second-order valence-corrected chi connectivity index (χ2v) is 5.53. The van der Waals surface area contributed by atoms with E-state index in [-0.39, 0.29) is 0 Å². The maximum absolute atomic E-state index is 5.73.